The number of aliphatic hydroxyl groups is 1. The maximum atomic E-state index is 10.5. The van der Waals surface area contributed by atoms with Crippen molar-refractivity contribution in [2.45, 2.75) is 64.3 Å². The van der Waals surface area contributed by atoms with Gasteiger partial charge in [-0.2, -0.15) is 0 Å². The van der Waals surface area contributed by atoms with Crippen LogP contribution in [0.2, 0.25) is 6.04 Å². The Morgan fingerprint density at radius 3 is 2.26 bits per heavy atom. The normalized spacial score (nSPS) is 14.7. The Kier molecular flexibility index (Phi) is 7.64. The molecule has 1 aromatic carbocycles. The molecule has 0 saturated carbocycles. The Morgan fingerprint density at radius 2 is 1.83 bits per heavy atom. The third-order valence-electron chi connectivity index (χ3n) is 3.92. The monoisotopic (exact) mass is 337 g/mol. The van der Waals surface area contributed by atoms with Crippen molar-refractivity contribution in [2.24, 2.45) is 5.90 Å². The van der Waals surface area contributed by atoms with Gasteiger partial charge >= 0.3 is 8.56 Å². The molecule has 3 N–H and O–H groups in total. The Bertz CT molecular complexity index is 482. The molecule has 0 aliphatic carbocycles. The Labute approximate surface area is 141 Å². The van der Waals surface area contributed by atoms with Gasteiger partial charge in [0.05, 0.1) is 0 Å². The van der Waals surface area contributed by atoms with Gasteiger partial charge in [-0.1, -0.05) is 30.3 Å². The van der Waals surface area contributed by atoms with Crippen LogP contribution in [0.5, 0.6) is 0 Å². The van der Waals surface area contributed by atoms with Gasteiger partial charge in [0, 0.05) is 6.10 Å². The summed E-state index contributed by atoms with van der Waals surface area (Å²) in [6.07, 6.45) is 4.53. The average molecular weight is 338 g/mol. The lowest BCUT2D eigenvalue weighted by Crippen LogP contribution is -2.62. The van der Waals surface area contributed by atoms with Crippen molar-refractivity contribution < 1.29 is 14.1 Å². The van der Waals surface area contributed by atoms with Crippen LogP contribution < -0.4 is 5.90 Å². The summed E-state index contributed by atoms with van der Waals surface area (Å²) in [5.74, 6) is 5.54. The summed E-state index contributed by atoms with van der Waals surface area (Å²) in [6.45, 7) is 11.1. The first-order chi connectivity index (χ1) is 10.7. The molecule has 23 heavy (non-hydrogen) atoms. The quantitative estimate of drug-likeness (QED) is 0.390. The second-order valence-corrected chi connectivity index (χ2v) is 10.5. The minimum absolute atomic E-state index is 0.0326. The number of allylic oxidation sites excluding steroid dienone is 1. The van der Waals surface area contributed by atoms with E-state index in [0.29, 0.717) is 6.04 Å². The molecule has 0 spiro atoms. The highest BCUT2D eigenvalue weighted by atomic mass is 28.4. The largest absolute Gasteiger partial charge is 0.389 e. The Hall–Kier alpha value is -0.983. The van der Waals surface area contributed by atoms with E-state index < -0.39 is 13.8 Å². The molecule has 0 aliphatic rings. The minimum Gasteiger partial charge on any atom is -0.389 e. The van der Waals surface area contributed by atoms with Gasteiger partial charge in [-0.3, -0.25) is 0 Å². The van der Waals surface area contributed by atoms with Crippen molar-refractivity contribution in [3.63, 3.8) is 0 Å². The molecule has 0 heterocycles. The molecule has 1 rings (SSSR count). The Morgan fingerprint density at radius 1 is 1.26 bits per heavy atom. The summed E-state index contributed by atoms with van der Waals surface area (Å²) in [5, 5.41) is 9.44. The molecule has 0 bridgehead atoms. The molecule has 0 saturated heterocycles. The van der Waals surface area contributed by atoms with E-state index in [9.17, 15) is 5.11 Å². The van der Waals surface area contributed by atoms with Gasteiger partial charge in [-0.05, 0) is 64.1 Å². The number of hydrogen-bond acceptors (Lipinski definition) is 4. The van der Waals surface area contributed by atoms with Crippen molar-refractivity contribution in [2.75, 3.05) is 0 Å². The number of rotatable bonds is 10. The van der Waals surface area contributed by atoms with Crippen molar-refractivity contribution in [1.29, 1.82) is 0 Å². The van der Waals surface area contributed by atoms with Crippen molar-refractivity contribution in [3.8, 4) is 0 Å². The first kappa shape index (κ1) is 20.1. The summed E-state index contributed by atoms with van der Waals surface area (Å²) < 4.78 is 11.2. The van der Waals surface area contributed by atoms with Crippen LogP contribution >= 0.6 is 0 Å². The lowest BCUT2D eigenvalue weighted by Gasteiger charge is -2.39. The van der Waals surface area contributed by atoms with E-state index in [0.717, 1.165) is 19.3 Å². The predicted molar refractivity (Wildman–Crippen MR) is 97.0 cm³/mol. The highest BCUT2D eigenvalue weighted by Crippen LogP contribution is 2.29. The molecule has 130 valence electrons. The van der Waals surface area contributed by atoms with Crippen molar-refractivity contribution >= 4 is 8.56 Å². The predicted octanol–water partition coefficient (Wildman–Crippen LogP) is 3.42. The van der Waals surface area contributed by atoms with Gasteiger partial charge in [-0.25, -0.2) is 5.90 Å². The van der Waals surface area contributed by atoms with Crippen LogP contribution in [0.25, 0.3) is 0 Å². The molecule has 0 radical (unpaired) electrons. The van der Waals surface area contributed by atoms with Crippen LogP contribution in [0.1, 0.15) is 45.2 Å². The fourth-order valence-electron chi connectivity index (χ4n) is 2.65. The standard InChI is InChI=1S/C18H31NO3Si/c1-6-8-16-10-12-17(13-11-16)9-7-14-23(22-19,18(4,5)20)21-15(2)3/h6,10-13,15,20H,1,7-9,14,19H2,2-5H3. The van der Waals surface area contributed by atoms with E-state index in [1.165, 1.54) is 11.1 Å². The average Bonchev–Trinajstić information content (AvgIpc) is 2.46. The topological polar surface area (TPSA) is 64.7 Å². The summed E-state index contributed by atoms with van der Waals surface area (Å²) in [4.78, 5) is 0. The first-order valence-corrected chi connectivity index (χ1v) is 10.2. The van der Waals surface area contributed by atoms with E-state index in [4.69, 9.17) is 14.8 Å². The highest BCUT2D eigenvalue weighted by Gasteiger charge is 2.51. The molecule has 0 fully saturated rings. The van der Waals surface area contributed by atoms with Gasteiger partial charge in [-0.15, -0.1) is 6.58 Å². The molecule has 1 aromatic rings. The number of aryl methyl sites for hydroxylation is 1. The molecule has 1 atom stereocenters. The summed E-state index contributed by atoms with van der Waals surface area (Å²) in [6, 6.07) is 9.18. The van der Waals surface area contributed by atoms with Crippen LogP contribution in [-0.2, 0) is 21.8 Å². The summed E-state index contributed by atoms with van der Waals surface area (Å²) >= 11 is 0. The second-order valence-electron chi connectivity index (χ2n) is 6.76. The molecule has 1 unspecified atom stereocenters. The molecular formula is C18H31NO3Si. The molecule has 0 amide bonds. The van der Waals surface area contributed by atoms with Crippen LogP contribution in [0, 0.1) is 0 Å². The van der Waals surface area contributed by atoms with Crippen LogP contribution in [0.15, 0.2) is 36.9 Å². The SMILES string of the molecule is C=CCc1ccc(CCC[Si](ON)(OC(C)C)C(C)(C)O)cc1. The zero-order valence-corrected chi connectivity index (χ0v) is 15.8. The van der Waals surface area contributed by atoms with Crippen LogP contribution in [-0.4, -0.2) is 25.0 Å². The van der Waals surface area contributed by atoms with E-state index in [1.54, 1.807) is 13.8 Å². The molecule has 5 heteroatoms. The van der Waals surface area contributed by atoms with E-state index in [2.05, 4.69) is 30.8 Å². The lowest BCUT2D eigenvalue weighted by molar-refractivity contribution is 0.0385. The van der Waals surface area contributed by atoms with Gasteiger partial charge in [0.1, 0.15) is 5.22 Å². The fourth-order valence-corrected chi connectivity index (χ4v) is 5.54. The smallest absolute Gasteiger partial charge is 0.388 e. The molecule has 0 aromatic heterocycles. The van der Waals surface area contributed by atoms with E-state index in [1.807, 2.05) is 19.9 Å². The van der Waals surface area contributed by atoms with Crippen molar-refractivity contribution in [3.05, 3.63) is 48.0 Å². The zero-order chi connectivity index (χ0) is 17.5. The lowest BCUT2D eigenvalue weighted by atomic mass is 10.1. The van der Waals surface area contributed by atoms with Crippen molar-refractivity contribution in [1.82, 2.24) is 0 Å². The highest BCUT2D eigenvalue weighted by molar-refractivity contribution is 6.70. The maximum Gasteiger partial charge on any atom is 0.388 e. The first-order valence-electron chi connectivity index (χ1n) is 8.21. The molecule has 0 aliphatic heterocycles. The molecule has 4 nitrogen and oxygen atoms in total. The second kappa shape index (κ2) is 8.75. The van der Waals surface area contributed by atoms with Gasteiger partial charge < -0.3 is 14.1 Å². The van der Waals surface area contributed by atoms with E-state index >= 15 is 0 Å². The van der Waals surface area contributed by atoms with Gasteiger partial charge in [0.15, 0.2) is 0 Å². The molecular weight excluding hydrogens is 306 g/mol. The van der Waals surface area contributed by atoms with E-state index in [-0.39, 0.29) is 6.10 Å². The third kappa shape index (κ3) is 5.86. The summed E-state index contributed by atoms with van der Waals surface area (Å²) in [7, 11) is -2.89. The van der Waals surface area contributed by atoms with Crippen LogP contribution in [0.3, 0.4) is 0 Å². The Balaban J connectivity index is 2.69. The summed E-state index contributed by atoms with van der Waals surface area (Å²) in [5.41, 5.74) is 2.52. The van der Waals surface area contributed by atoms with Crippen LogP contribution in [0.4, 0.5) is 0 Å². The van der Waals surface area contributed by atoms with Gasteiger partial charge in [0.2, 0.25) is 0 Å². The third-order valence-corrected chi connectivity index (χ3v) is 8.03. The minimum atomic E-state index is -2.89. The maximum absolute atomic E-state index is 10.5. The number of nitrogens with two attached hydrogens (primary N) is 1. The number of benzene rings is 1. The fraction of sp³-hybridized carbons (Fsp3) is 0.556. The van der Waals surface area contributed by atoms with Gasteiger partial charge in [0.25, 0.3) is 0 Å². The number of hydrogen-bond donors (Lipinski definition) is 2. The zero-order valence-electron chi connectivity index (χ0n) is 14.8.